The third-order valence-electron chi connectivity index (χ3n) is 4.69. The Morgan fingerprint density at radius 3 is 2.88 bits per heavy atom. The van der Waals surface area contributed by atoms with E-state index in [1.165, 1.54) is 25.7 Å². The van der Waals surface area contributed by atoms with E-state index in [0.717, 1.165) is 41.0 Å². The lowest BCUT2D eigenvalue weighted by atomic mass is 10.0. The van der Waals surface area contributed by atoms with Gasteiger partial charge in [-0.15, -0.1) is 11.3 Å². The molecule has 0 bridgehead atoms. The number of carbonyl (C=O) groups is 1. The first kappa shape index (κ1) is 17.1. The lowest BCUT2D eigenvalue weighted by molar-refractivity contribution is -0.121. The first-order valence-electron chi connectivity index (χ1n) is 8.86. The Morgan fingerprint density at radius 1 is 1.38 bits per heavy atom. The minimum absolute atomic E-state index is 0.177. The van der Waals surface area contributed by atoms with Crippen molar-refractivity contribution in [2.24, 2.45) is 5.92 Å². The fraction of sp³-hybridized carbons (Fsp3) is 0.611. The molecular formula is C18H26N4OS. The Balaban J connectivity index is 1.42. The molecule has 0 aromatic carbocycles. The largest absolute Gasteiger partial charge is 0.356 e. The molecule has 0 saturated heterocycles. The summed E-state index contributed by atoms with van der Waals surface area (Å²) in [6.45, 7) is 4.68. The summed E-state index contributed by atoms with van der Waals surface area (Å²) in [5, 5.41) is 10.4. The maximum atomic E-state index is 11.9. The molecule has 2 aromatic rings. The molecule has 5 nitrogen and oxygen atoms in total. The van der Waals surface area contributed by atoms with Gasteiger partial charge in [0.25, 0.3) is 0 Å². The van der Waals surface area contributed by atoms with Crippen LogP contribution in [0.5, 0.6) is 0 Å². The van der Waals surface area contributed by atoms with Gasteiger partial charge in [-0.25, -0.2) is 9.67 Å². The summed E-state index contributed by atoms with van der Waals surface area (Å²) in [6, 6.07) is 2.05. The first-order chi connectivity index (χ1) is 11.6. The van der Waals surface area contributed by atoms with Gasteiger partial charge in [-0.3, -0.25) is 4.79 Å². The molecule has 2 aromatic heterocycles. The zero-order valence-corrected chi connectivity index (χ0v) is 15.4. The molecule has 1 N–H and O–H groups in total. The molecule has 2 heterocycles. The van der Waals surface area contributed by atoms with Crippen LogP contribution in [0.2, 0.25) is 0 Å². The molecule has 3 rings (SSSR count). The predicted octanol–water partition coefficient (Wildman–Crippen LogP) is 3.57. The lowest BCUT2D eigenvalue weighted by Crippen LogP contribution is -2.25. The average molecular weight is 347 g/mol. The normalized spacial score (nSPS) is 15.1. The van der Waals surface area contributed by atoms with Crippen LogP contribution in [0, 0.1) is 19.8 Å². The van der Waals surface area contributed by atoms with E-state index in [0.29, 0.717) is 13.0 Å². The molecule has 1 amide bonds. The maximum Gasteiger partial charge on any atom is 0.220 e. The minimum atomic E-state index is 0.177. The fourth-order valence-electron chi connectivity index (χ4n) is 3.38. The van der Waals surface area contributed by atoms with Crippen LogP contribution in [0.15, 0.2) is 11.4 Å². The van der Waals surface area contributed by atoms with Gasteiger partial charge >= 0.3 is 0 Å². The molecular weight excluding hydrogens is 320 g/mol. The van der Waals surface area contributed by atoms with E-state index in [1.807, 2.05) is 24.6 Å². The predicted molar refractivity (Wildman–Crippen MR) is 96.6 cm³/mol. The quantitative estimate of drug-likeness (QED) is 0.834. The maximum absolute atomic E-state index is 11.9. The number of carbonyl (C=O) groups excluding carboxylic acids is 1. The molecule has 0 spiro atoms. The van der Waals surface area contributed by atoms with Crippen LogP contribution in [0.25, 0.3) is 5.13 Å². The summed E-state index contributed by atoms with van der Waals surface area (Å²) in [4.78, 5) is 16.5. The van der Waals surface area contributed by atoms with Crippen molar-refractivity contribution in [3.05, 3.63) is 28.5 Å². The summed E-state index contributed by atoms with van der Waals surface area (Å²) >= 11 is 1.59. The minimum Gasteiger partial charge on any atom is -0.356 e. The van der Waals surface area contributed by atoms with Crippen LogP contribution >= 0.6 is 11.3 Å². The highest BCUT2D eigenvalue weighted by molar-refractivity contribution is 7.12. The van der Waals surface area contributed by atoms with Gasteiger partial charge in [-0.2, -0.15) is 5.10 Å². The third-order valence-corrected chi connectivity index (χ3v) is 5.55. The first-order valence-corrected chi connectivity index (χ1v) is 9.74. The number of hydrogen-bond acceptors (Lipinski definition) is 4. The van der Waals surface area contributed by atoms with E-state index in [1.54, 1.807) is 11.3 Å². The fourth-order valence-corrected chi connectivity index (χ4v) is 4.25. The monoisotopic (exact) mass is 346 g/mol. The standard InChI is InChI=1S/C18H26N4OS/c1-13-11-14(2)22(21-13)18-20-16(12-24-18)9-10-19-17(23)8-7-15-5-3-4-6-15/h11-12,15H,3-10H2,1-2H3,(H,19,23). The molecule has 24 heavy (non-hydrogen) atoms. The zero-order valence-electron chi connectivity index (χ0n) is 14.5. The van der Waals surface area contributed by atoms with E-state index in [9.17, 15) is 4.79 Å². The zero-order chi connectivity index (χ0) is 16.9. The SMILES string of the molecule is Cc1cc(C)n(-c2nc(CCNC(=O)CCC3CCCC3)cs2)n1. The van der Waals surface area contributed by atoms with E-state index < -0.39 is 0 Å². The molecule has 1 saturated carbocycles. The third kappa shape index (κ3) is 4.44. The molecule has 6 heteroatoms. The highest BCUT2D eigenvalue weighted by Crippen LogP contribution is 2.28. The number of hydrogen-bond donors (Lipinski definition) is 1. The van der Waals surface area contributed by atoms with Crippen LogP contribution in [0.1, 0.15) is 55.6 Å². The second-order valence-corrected chi connectivity index (χ2v) is 7.59. The summed E-state index contributed by atoms with van der Waals surface area (Å²) in [5.41, 5.74) is 3.10. The summed E-state index contributed by atoms with van der Waals surface area (Å²) in [7, 11) is 0. The number of rotatable bonds is 7. The molecule has 0 aliphatic heterocycles. The van der Waals surface area contributed by atoms with E-state index in [4.69, 9.17) is 0 Å². The number of aryl methyl sites for hydroxylation is 2. The van der Waals surface area contributed by atoms with E-state index in [2.05, 4.69) is 20.8 Å². The smallest absolute Gasteiger partial charge is 0.220 e. The molecule has 0 atom stereocenters. The van der Waals surface area contributed by atoms with Gasteiger partial charge < -0.3 is 5.32 Å². The van der Waals surface area contributed by atoms with Gasteiger partial charge in [-0.1, -0.05) is 25.7 Å². The van der Waals surface area contributed by atoms with Crippen molar-refractivity contribution in [3.8, 4) is 5.13 Å². The number of amides is 1. The average Bonchev–Trinajstić information content (AvgIpc) is 3.27. The molecule has 130 valence electrons. The van der Waals surface area contributed by atoms with Crippen molar-refractivity contribution in [3.63, 3.8) is 0 Å². The topological polar surface area (TPSA) is 59.8 Å². The summed E-state index contributed by atoms with van der Waals surface area (Å²) in [6.07, 6.45) is 7.78. The Morgan fingerprint density at radius 2 is 2.17 bits per heavy atom. The second-order valence-electron chi connectivity index (χ2n) is 6.75. The van der Waals surface area contributed by atoms with Crippen LogP contribution in [-0.2, 0) is 11.2 Å². The lowest BCUT2D eigenvalue weighted by Gasteiger charge is -2.08. The van der Waals surface area contributed by atoms with Crippen molar-refractivity contribution in [1.29, 1.82) is 0 Å². The number of nitrogens with zero attached hydrogens (tertiary/aromatic N) is 3. The van der Waals surface area contributed by atoms with Gasteiger partial charge in [0.15, 0.2) is 0 Å². The van der Waals surface area contributed by atoms with Crippen LogP contribution < -0.4 is 5.32 Å². The van der Waals surface area contributed by atoms with Crippen LogP contribution in [0.4, 0.5) is 0 Å². The van der Waals surface area contributed by atoms with Gasteiger partial charge in [0.2, 0.25) is 11.0 Å². The summed E-state index contributed by atoms with van der Waals surface area (Å²) < 4.78 is 1.88. The Kier molecular flexibility index (Phi) is 5.66. The Bertz CT molecular complexity index is 685. The summed E-state index contributed by atoms with van der Waals surface area (Å²) in [5.74, 6) is 0.952. The molecule has 1 fully saturated rings. The van der Waals surface area contributed by atoms with Crippen LogP contribution in [0.3, 0.4) is 0 Å². The van der Waals surface area contributed by atoms with Gasteiger partial charge in [0.1, 0.15) is 0 Å². The van der Waals surface area contributed by atoms with Gasteiger partial charge in [0.05, 0.1) is 11.4 Å². The van der Waals surface area contributed by atoms with Crippen molar-refractivity contribution < 1.29 is 4.79 Å². The van der Waals surface area contributed by atoms with E-state index in [-0.39, 0.29) is 5.91 Å². The number of thiazole rings is 1. The van der Waals surface area contributed by atoms with Crippen molar-refractivity contribution in [2.75, 3.05) is 6.54 Å². The number of nitrogens with one attached hydrogen (secondary N) is 1. The van der Waals surface area contributed by atoms with Crippen molar-refractivity contribution in [2.45, 2.75) is 58.8 Å². The Labute approximate surface area is 147 Å². The highest BCUT2D eigenvalue weighted by atomic mass is 32.1. The number of aromatic nitrogens is 3. The van der Waals surface area contributed by atoms with Crippen molar-refractivity contribution in [1.82, 2.24) is 20.1 Å². The molecule has 0 radical (unpaired) electrons. The molecule has 1 aliphatic rings. The molecule has 0 unspecified atom stereocenters. The second kappa shape index (κ2) is 7.92. The Hall–Kier alpha value is -1.69. The highest BCUT2D eigenvalue weighted by Gasteiger charge is 2.16. The van der Waals surface area contributed by atoms with Gasteiger partial charge in [0, 0.05) is 30.5 Å². The molecule has 1 aliphatic carbocycles. The van der Waals surface area contributed by atoms with E-state index >= 15 is 0 Å². The van der Waals surface area contributed by atoms with Crippen LogP contribution in [-0.4, -0.2) is 27.2 Å². The van der Waals surface area contributed by atoms with Gasteiger partial charge in [-0.05, 0) is 32.3 Å². The van der Waals surface area contributed by atoms with Crippen molar-refractivity contribution >= 4 is 17.2 Å².